The molecule has 0 atom stereocenters. The van der Waals surface area contributed by atoms with Crippen LogP contribution in [0.15, 0.2) is 164 Å². The number of fused-ring (bicyclic) bond motifs is 4. The molecule has 0 saturated heterocycles. The molecule has 2 aromatic heterocycles. The largest absolute Gasteiger partial charge is 0.509 e. The van der Waals surface area contributed by atoms with E-state index in [1.807, 2.05) is 95.6 Å². The Kier molecular flexibility index (Phi) is 9.94. The molecule has 0 spiro atoms. The summed E-state index contributed by atoms with van der Waals surface area (Å²) in [7, 11) is 0. The fourth-order valence-electron chi connectivity index (χ4n) is 8.32. The molecule has 0 fully saturated rings. The minimum Gasteiger partial charge on any atom is -0.509 e. The van der Waals surface area contributed by atoms with Gasteiger partial charge >= 0.3 is 0 Å². The Balaban J connectivity index is 0.00000548. The van der Waals surface area contributed by atoms with Gasteiger partial charge in [-0.15, -0.1) is 48.1 Å². The molecule has 0 N–H and O–H groups in total. The van der Waals surface area contributed by atoms with Gasteiger partial charge in [0.2, 0.25) is 0 Å². The van der Waals surface area contributed by atoms with Crippen molar-refractivity contribution in [1.82, 2.24) is 9.55 Å². The number of rotatable bonds is 7. The molecule has 9 aromatic rings. The molecule has 0 unspecified atom stereocenters. The molecule has 1 aliphatic rings. The number of aromatic nitrogens is 2. The second-order valence-electron chi connectivity index (χ2n) is 18.1. The molecule has 5 nitrogen and oxygen atoms in total. The van der Waals surface area contributed by atoms with Crippen molar-refractivity contribution in [2.24, 2.45) is 0 Å². The van der Waals surface area contributed by atoms with E-state index in [2.05, 4.69) is 131 Å². The van der Waals surface area contributed by atoms with E-state index in [1.165, 1.54) is 11.1 Å². The zero-order chi connectivity index (χ0) is 45.3. The van der Waals surface area contributed by atoms with Crippen LogP contribution >= 0.6 is 0 Å². The van der Waals surface area contributed by atoms with Crippen molar-refractivity contribution in [3.63, 3.8) is 0 Å². The van der Waals surface area contributed by atoms with Crippen LogP contribution in [0.1, 0.15) is 62.3 Å². The Morgan fingerprint density at radius 2 is 1.22 bits per heavy atom. The molecular weight excluding hydrogens is 952 g/mol. The van der Waals surface area contributed by atoms with Crippen LogP contribution in [-0.4, -0.2) is 9.55 Å². The number of aryl methyl sites for hydroxylation is 1. The van der Waals surface area contributed by atoms with Crippen LogP contribution in [0, 0.1) is 25.7 Å². The molecule has 316 valence electrons. The molecule has 0 radical (unpaired) electrons. The predicted octanol–water partition coefficient (Wildman–Crippen LogP) is 15.2. The normalized spacial score (nSPS) is 13.7. The SMILES string of the molecule is [2H]C([2H])([2H])c1cc(-n2c3[c-]c(Oc4[c-]c(N5[CH-]N(c6cc(C(C)(C)C)cc(C(C)(C)C)c6)c6ccccc65)ccc4)ccc3c3ccccc32)ncc1-c1ccc(-c2ccccc2)cc1.[Pt]. The molecule has 0 saturated carbocycles. The van der Waals surface area contributed by atoms with Crippen molar-refractivity contribution >= 4 is 44.6 Å². The molecule has 7 aromatic carbocycles. The van der Waals surface area contributed by atoms with Crippen LogP contribution < -0.4 is 14.5 Å². The number of pyridine rings is 1. The van der Waals surface area contributed by atoms with Crippen LogP contribution in [0.3, 0.4) is 0 Å². The van der Waals surface area contributed by atoms with Crippen molar-refractivity contribution in [1.29, 1.82) is 0 Å². The van der Waals surface area contributed by atoms with Crippen molar-refractivity contribution in [3.8, 4) is 39.6 Å². The van der Waals surface area contributed by atoms with Gasteiger partial charge in [-0.2, -0.15) is 12.1 Å². The number of nitrogens with zero attached hydrogens (tertiary/aromatic N) is 4. The number of hydrogen-bond donors (Lipinski definition) is 0. The smallest absolute Gasteiger partial charge is 0.135 e. The third-order valence-electron chi connectivity index (χ3n) is 11.8. The van der Waals surface area contributed by atoms with Crippen molar-refractivity contribution in [3.05, 3.63) is 199 Å². The van der Waals surface area contributed by atoms with Crippen molar-refractivity contribution < 1.29 is 29.9 Å². The average Bonchev–Trinajstić information content (AvgIpc) is 3.84. The number of benzene rings is 7. The summed E-state index contributed by atoms with van der Waals surface area (Å²) in [5, 5.41) is 1.93. The quantitative estimate of drug-likeness (QED) is 0.149. The maximum Gasteiger partial charge on any atom is 0.135 e. The summed E-state index contributed by atoms with van der Waals surface area (Å²) in [6.45, 7) is 13.3. The average molecular weight is 1000 g/mol. The summed E-state index contributed by atoms with van der Waals surface area (Å²) in [5.74, 6) is 1.49. The Hall–Kier alpha value is -6.42. The van der Waals surface area contributed by atoms with E-state index in [4.69, 9.17) is 13.8 Å². The van der Waals surface area contributed by atoms with E-state index >= 15 is 0 Å². The first-order valence-corrected chi connectivity index (χ1v) is 21.1. The van der Waals surface area contributed by atoms with Gasteiger partial charge < -0.3 is 19.1 Å². The molecule has 1 aliphatic heterocycles. The molecule has 0 bridgehead atoms. The summed E-state index contributed by atoms with van der Waals surface area (Å²) in [6.07, 6.45) is 1.68. The molecule has 3 heterocycles. The van der Waals surface area contributed by atoms with Gasteiger partial charge in [-0.05, 0) is 92.8 Å². The number of para-hydroxylation sites is 3. The Morgan fingerprint density at radius 3 is 1.94 bits per heavy atom. The number of ether oxygens (including phenoxy) is 1. The maximum atomic E-state index is 8.64. The second kappa shape index (κ2) is 16.4. The number of anilines is 4. The zero-order valence-electron chi connectivity index (χ0n) is 39.2. The molecule has 63 heavy (non-hydrogen) atoms. The van der Waals surface area contributed by atoms with Crippen LogP contribution in [0.4, 0.5) is 22.7 Å². The minimum atomic E-state index is -2.40. The first-order valence-electron chi connectivity index (χ1n) is 22.6. The van der Waals surface area contributed by atoms with E-state index in [-0.39, 0.29) is 37.5 Å². The summed E-state index contributed by atoms with van der Waals surface area (Å²) in [4.78, 5) is 9.36. The Bertz CT molecular complexity index is 3210. The number of hydrogen-bond acceptors (Lipinski definition) is 4. The van der Waals surface area contributed by atoms with Gasteiger partial charge in [0.15, 0.2) is 0 Å². The first kappa shape index (κ1) is 38.3. The predicted molar refractivity (Wildman–Crippen MR) is 257 cm³/mol. The van der Waals surface area contributed by atoms with Crippen LogP contribution in [0.25, 0.3) is 49.9 Å². The molecule has 0 amide bonds. The van der Waals surface area contributed by atoms with E-state index in [0.29, 0.717) is 28.4 Å². The maximum absolute atomic E-state index is 8.64. The van der Waals surface area contributed by atoms with Gasteiger partial charge in [-0.25, -0.2) is 4.98 Å². The van der Waals surface area contributed by atoms with Gasteiger partial charge in [0.25, 0.3) is 0 Å². The molecule has 6 heteroatoms. The van der Waals surface area contributed by atoms with Crippen molar-refractivity contribution in [2.75, 3.05) is 9.80 Å². The zero-order valence-corrected chi connectivity index (χ0v) is 38.5. The van der Waals surface area contributed by atoms with Gasteiger partial charge in [-0.3, -0.25) is 0 Å². The van der Waals surface area contributed by atoms with Gasteiger partial charge in [0.1, 0.15) is 5.82 Å². The van der Waals surface area contributed by atoms with Gasteiger partial charge in [-0.1, -0.05) is 138 Å². The molecular formula is C57H49N4OPt-3. The van der Waals surface area contributed by atoms with E-state index in [9.17, 15) is 0 Å². The van der Waals surface area contributed by atoms with E-state index < -0.39 is 6.85 Å². The van der Waals surface area contributed by atoms with E-state index in [1.54, 1.807) is 12.3 Å². The molecule has 10 rings (SSSR count). The standard InChI is InChI=1S/C57H49N4O.Pt/c1-38-30-55(58-36-50(38)41-26-24-40(25-27-41)39-16-9-8-10-17-39)61-51-21-12-11-20-48(51)49-29-28-47(35-54(49)61)62-46-19-15-18-44(34-46)59-37-60(53-23-14-13-22-52(53)59)45-32-42(56(2,3)4)31-43(33-45)57(5,6)7;/h8-33,36-37H,1-7H3;/q-3;/i1D3;. The Morgan fingerprint density at radius 1 is 0.587 bits per heavy atom. The van der Waals surface area contributed by atoms with E-state index in [0.717, 1.165) is 55.7 Å². The Labute approximate surface area is 390 Å². The van der Waals surface area contributed by atoms with Gasteiger partial charge in [0.05, 0.1) is 0 Å². The third-order valence-corrected chi connectivity index (χ3v) is 11.8. The first-order chi connectivity index (χ1) is 31.1. The fraction of sp³-hybridized carbons (Fsp3) is 0.158. The topological polar surface area (TPSA) is 33.5 Å². The van der Waals surface area contributed by atoms with Crippen LogP contribution in [-0.2, 0) is 31.9 Å². The molecule has 0 aliphatic carbocycles. The third kappa shape index (κ3) is 7.96. The summed E-state index contributed by atoms with van der Waals surface area (Å²) in [5.41, 5.74) is 11.9. The monoisotopic (exact) mass is 1000 g/mol. The van der Waals surface area contributed by atoms with Gasteiger partial charge in [0, 0.05) is 71.0 Å². The van der Waals surface area contributed by atoms with Crippen LogP contribution in [0.2, 0.25) is 0 Å². The minimum absolute atomic E-state index is 0. The summed E-state index contributed by atoms with van der Waals surface area (Å²) in [6, 6.07) is 60.1. The second-order valence-corrected chi connectivity index (χ2v) is 18.1. The summed E-state index contributed by atoms with van der Waals surface area (Å²) < 4.78 is 34.5. The summed E-state index contributed by atoms with van der Waals surface area (Å²) >= 11 is 0. The van der Waals surface area contributed by atoms with Crippen molar-refractivity contribution in [2.45, 2.75) is 59.2 Å². The fourth-order valence-corrected chi connectivity index (χ4v) is 8.32. The van der Waals surface area contributed by atoms with Crippen LogP contribution in [0.5, 0.6) is 11.5 Å².